The van der Waals surface area contributed by atoms with Crippen molar-refractivity contribution in [3.05, 3.63) is 47.0 Å². The lowest BCUT2D eigenvalue weighted by Crippen LogP contribution is -2.52. The second-order valence-electron chi connectivity index (χ2n) is 6.51. The molecule has 0 aliphatic rings. The van der Waals surface area contributed by atoms with Crippen LogP contribution in [0.4, 0.5) is 4.79 Å². The summed E-state index contributed by atoms with van der Waals surface area (Å²) in [5, 5.41) is 14.2. The van der Waals surface area contributed by atoms with Crippen molar-refractivity contribution in [1.29, 1.82) is 0 Å². The number of halogens is 1. The molecular weight excluding hydrogens is 416 g/mol. The number of aliphatic carboxylic acids is 1. The number of carboxylic acids is 1. The summed E-state index contributed by atoms with van der Waals surface area (Å²) in [6.07, 6.45) is -0.363. The number of ether oxygens (including phenoxy) is 1. The molecule has 0 unspecified atom stereocenters. The number of rotatable bonds is 10. The zero-order chi connectivity index (χ0) is 20.4. The fourth-order valence-corrected chi connectivity index (χ4v) is 2.63. The van der Waals surface area contributed by atoms with Gasteiger partial charge in [0.05, 0.1) is 0 Å². The second-order valence-corrected chi connectivity index (χ2v) is 7.63. The number of amides is 2. The van der Waals surface area contributed by atoms with Gasteiger partial charge in [0.25, 0.3) is 0 Å². The lowest BCUT2D eigenvalue weighted by molar-refractivity contribution is -0.142. The zero-order valence-corrected chi connectivity index (χ0v) is 17.0. The molecule has 0 fully saturated rings. The van der Waals surface area contributed by atoms with Gasteiger partial charge in [0.15, 0.2) is 0 Å². The van der Waals surface area contributed by atoms with Gasteiger partial charge in [-0.15, -0.1) is 0 Å². The van der Waals surface area contributed by atoms with Crippen LogP contribution in [0.1, 0.15) is 32.3 Å². The molecule has 148 valence electrons. The predicted octanol–water partition coefficient (Wildman–Crippen LogP) is 3.20. The van der Waals surface area contributed by atoms with Crippen LogP contribution in [0.5, 0.6) is 0 Å². The van der Waals surface area contributed by atoms with Crippen molar-refractivity contribution in [3.63, 3.8) is 0 Å². The maximum atomic E-state index is 12.5. The summed E-state index contributed by atoms with van der Waals surface area (Å²) in [6, 6.07) is 7.10. The summed E-state index contributed by atoms with van der Waals surface area (Å²) in [5.41, 5.74) is 0.819. The van der Waals surface area contributed by atoms with E-state index in [1.54, 1.807) is 0 Å². The molecule has 27 heavy (non-hydrogen) atoms. The van der Waals surface area contributed by atoms with E-state index in [2.05, 4.69) is 33.1 Å². The first kappa shape index (κ1) is 22.7. The summed E-state index contributed by atoms with van der Waals surface area (Å²) >= 11 is 3.09. The van der Waals surface area contributed by atoms with E-state index in [0.717, 1.165) is 5.56 Å². The molecule has 0 radical (unpaired) electrons. The number of carboxylic acid groups (broad SMARTS) is 1. The zero-order valence-electron chi connectivity index (χ0n) is 15.4. The molecule has 0 saturated carbocycles. The number of hydrogen-bond acceptors (Lipinski definition) is 4. The average molecular weight is 441 g/mol. The molecule has 0 aromatic heterocycles. The third kappa shape index (κ3) is 9.23. The summed E-state index contributed by atoms with van der Waals surface area (Å²) in [5.74, 6) is -1.66. The van der Waals surface area contributed by atoms with Crippen LogP contribution < -0.4 is 10.6 Å². The lowest BCUT2D eigenvalue weighted by Gasteiger charge is -2.22. The Hall–Kier alpha value is -2.35. The van der Waals surface area contributed by atoms with Crippen LogP contribution in [-0.2, 0) is 20.9 Å². The van der Waals surface area contributed by atoms with Crippen LogP contribution in [0, 0.1) is 5.92 Å². The third-order valence-corrected chi connectivity index (χ3v) is 3.89. The van der Waals surface area contributed by atoms with Gasteiger partial charge in [-0.05, 0) is 22.4 Å². The van der Waals surface area contributed by atoms with E-state index >= 15 is 0 Å². The summed E-state index contributed by atoms with van der Waals surface area (Å²) < 4.78 is 5.59. The Kier molecular flexibility index (Phi) is 9.56. The highest BCUT2D eigenvalue weighted by atomic mass is 79.9. The second kappa shape index (κ2) is 11.4. The van der Waals surface area contributed by atoms with Gasteiger partial charge in [-0.25, -0.2) is 9.59 Å². The van der Waals surface area contributed by atoms with Crippen molar-refractivity contribution < 1.29 is 24.2 Å². The highest BCUT2D eigenvalue weighted by molar-refractivity contribution is 9.11. The van der Waals surface area contributed by atoms with E-state index in [1.165, 1.54) is 0 Å². The number of carbonyl (C=O) groups is 3. The van der Waals surface area contributed by atoms with E-state index < -0.39 is 30.1 Å². The van der Waals surface area contributed by atoms with Gasteiger partial charge in [0.2, 0.25) is 5.91 Å². The van der Waals surface area contributed by atoms with Crippen LogP contribution in [0.25, 0.3) is 0 Å². The van der Waals surface area contributed by atoms with Crippen LogP contribution >= 0.6 is 15.9 Å². The highest BCUT2D eigenvalue weighted by Gasteiger charge is 2.27. The molecule has 1 rings (SSSR count). The van der Waals surface area contributed by atoms with Crippen molar-refractivity contribution in [2.75, 3.05) is 0 Å². The molecule has 2 amide bonds. The Morgan fingerprint density at radius 2 is 1.78 bits per heavy atom. The maximum absolute atomic E-state index is 12.5. The summed E-state index contributed by atoms with van der Waals surface area (Å²) in [6.45, 7) is 7.46. The molecule has 7 nitrogen and oxygen atoms in total. The van der Waals surface area contributed by atoms with E-state index in [9.17, 15) is 19.5 Å². The molecule has 0 bridgehead atoms. The van der Waals surface area contributed by atoms with Crippen molar-refractivity contribution in [1.82, 2.24) is 10.6 Å². The summed E-state index contributed by atoms with van der Waals surface area (Å²) in [7, 11) is 0. The smallest absolute Gasteiger partial charge is 0.408 e. The third-order valence-electron chi connectivity index (χ3n) is 3.57. The fraction of sp³-hybridized carbons (Fsp3) is 0.421. The first-order valence-corrected chi connectivity index (χ1v) is 9.32. The summed E-state index contributed by atoms with van der Waals surface area (Å²) in [4.78, 5) is 35.9. The SMILES string of the molecule is C=C(Br)C[C@H](NC(=O)[C@H](CC(C)C)NC(=O)OCc1ccccc1)C(=O)O. The molecule has 3 N–H and O–H groups in total. The molecule has 2 atom stereocenters. The van der Waals surface area contributed by atoms with Crippen molar-refractivity contribution in [2.45, 2.75) is 45.4 Å². The molecule has 1 aromatic carbocycles. The Morgan fingerprint density at radius 1 is 1.15 bits per heavy atom. The number of benzene rings is 1. The normalized spacial score (nSPS) is 12.7. The standard InChI is InChI=1S/C19H25BrN2O5/c1-12(2)9-15(17(23)21-16(18(24)25)10-13(3)20)22-19(26)27-11-14-7-5-4-6-8-14/h4-8,12,15-16H,3,9-11H2,1-2H3,(H,21,23)(H,22,26)(H,24,25)/t15-,16-/m0/s1. The predicted molar refractivity (Wildman–Crippen MR) is 105 cm³/mol. The average Bonchev–Trinajstić information content (AvgIpc) is 2.58. The molecule has 8 heteroatoms. The Bertz CT molecular complexity index is 663. The van der Waals surface area contributed by atoms with Crippen molar-refractivity contribution in [3.8, 4) is 0 Å². The Labute approximate surface area is 167 Å². The maximum Gasteiger partial charge on any atom is 0.408 e. The monoisotopic (exact) mass is 440 g/mol. The van der Waals surface area contributed by atoms with Gasteiger partial charge >= 0.3 is 12.1 Å². The molecule has 0 aliphatic heterocycles. The van der Waals surface area contributed by atoms with Gasteiger partial charge in [0.1, 0.15) is 18.7 Å². The highest BCUT2D eigenvalue weighted by Crippen LogP contribution is 2.12. The Morgan fingerprint density at radius 3 is 2.30 bits per heavy atom. The van der Waals surface area contributed by atoms with Crippen LogP contribution in [0.2, 0.25) is 0 Å². The van der Waals surface area contributed by atoms with Crippen LogP contribution in [0.15, 0.2) is 41.4 Å². The van der Waals surface area contributed by atoms with E-state index in [0.29, 0.717) is 10.9 Å². The topological polar surface area (TPSA) is 105 Å². The minimum atomic E-state index is -1.18. The van der Waals surface area contributed by atoms with Gasteiger partial charge in [-0.1, -0.05) is 66.7 Å². The largest absolute Gasteiger partial charge is 0.480 e. The number of hydrogen-bond donors (Lipinski definition) is 3. The van der Waals surface area contributed by atoms with Gasteiger partial charge in [0, 0.05) is 6.42 Å². The van der Waals surface area contributed by atoms with Crippen molar-refractivity contribution in [2.24, 2.45) is 5.92 Å². The van der Waals surface area contributed by atoms with E-state index in [-0.39, 0.29) is 18.9 Å². The van der Waals surface area contributed by atoms with Crippen molar-refractivity contribution >= 4 is 33.9 Å². The minimum Gasteiger partial charge on any atom is -0.480 e. The number of nitrogens with one attached hydrogen (secondary N) is 2. The van der Waals surface area contributed by atoms with Gasteiger partial charge in [-0.3, -0.25) is 4.79 Å². The van der Waals surface area contributed by atoms with E-state index in [4.69, 9.17) is 4.74 Å². The molecular formula is C19H25BrN2O5. The number of alkyl carbamates (subject to hydrolysis) is 1. The molecule has 0 spiro atoms. The fourth-order valence-electron chi connectivity index (χ4n) is 2.30. The molecule has 0 aliphatic carbocycles. The first-order chi connectivity index (χ1) is 12.7. The minimum absolute atomic E-state index is 0.0356. The Balaban J connectivity index is 2.69. The molecule has 0 heterocycles. The number of carbonyl (C=O) groups excluding carboxylic acids is 2. The quantitative estimate of drug-likeness (QED) is 0.517. The van der Waals surface area contributed by atoms with Gasteiger partial charge < -0.3 is 20.5 Å². The van der Waals surface area contributed by atoms with E-state index in [1.807, 2.05) is 44.2 Å². The lowest BCUT2D eigenvalue weighted by atomic mass is 10.0. The van der Waals surface area contributed by atoms with Gasteiger partial charge in [-0.2, -0.15) is 0 Å². The molecule has 1 aromatic rings. The first-order valence-electron chi connectivity index (χ1n) is 8.52. The molecule has 0 saturated heterocycles. The van der Waals surface area contributed by atoms with Crippen LogP contribution in [-0.4, -0.2) is 35.2 Å². The van der Waals surface area contributed by atoms with Crippen LogP contribution in [0.3, 0.4) is 0 Å².